The van der Waals surface area contributed by atoms with Crippen molar-refractivity contribution in [3.63, 3.8) is 0 Å². The van der Waals surface area contributed by atoms with Gasteiger partial charge in [0.2, 0.25) is 0 Å². The molecule has 0 amide bonds. The number of rotatable bonds is 11. The Hall–Kier alpha value is -2.79. The molecule has 0 atom stereocenters. The molecule has 1 N–H and O–H groups in total. The number of hydrogen-bond donors (Lipinski definition) is 1. The lowest BCUT2D eigenvalue weighted by Gasteiger charge is -2.28. The fourth-order valence-electron chi connectivity index (χ4n) is 4.47. The maximum atomic E-state index is 11.9. The number of hydrogen-bond acceptors (Lipinski definition) is 4. The largest absolute Gasteiger partial charge is 0.491 e. The third-order valence-corrected chi connectivity index (χ3v) is 6.26. The van der Waals surface area contributed by atoms with E-state index in [2.05, 4.69) is 69.0 Å². The molecular weight excluding hydrogens is 438 g/mol. The van der Waals surface area contributed by atoms with Crippen LogP contribution in [-0.2, 0) is 9.53 Å². The summed E-state index contributed by atoms with van der Waals surface area (Å²) in [6, 6.07) is 12.6. The number of fused-ring (bicyclic) bond motifs is 1. The molecule has 0 spiro atoms. The minimum absolute atomic E-state index is 0.472. The summed E-state index contributed by atoms with van der Waals surface area (Å²) in [6.45, 7) is 12.4. The Kier molecular flexibility index (Phi) is 10.2. The lowest BCUT2D eigenvalue weighted by Crippen LogP contribution is -2.29. The van der Waals surface area contributed by atoms with Crippen molar-refractivity contribution < 1.29 is 19.4 Å². The van der Waals surface area contributed by atoms with Crippen LogP contribution in [-0.4, -0.2) is 44.0 Å². The predicted molar refractivity (Wildman–Crippen MR) is 144 cm³/mol. The number of carboxylic acid groups (broad SMARTS) is 1. The number of ether oxygens (including phenoxy) is 2. The fraction of sp³-hybridized carbons (Fsp3) is 0.500. The van der Waals surface area contributed by atoms with Gasteiger partial charge in [-0.1, -0.05) is 45.4 Å². The normalized spacial score (nSPS) is 14.1. The summed E-state index contributed by atoms with van der Waals surface area (Å²) >= 11 is 0. The Labute approximate surface area is 210 Å². The van der Waals surface area contributed by atoms with Crippen LogP contribution in [0.5, 0.6) is 5.75 Å². The highest BCUT2D eigenvalue weighted by molar-refractivity contribution is 5.94. The number of nitrogens with zero attached hydrogens (tertiary/aromatic N) is 1. The monoisotopic (exact) mass is 479 g/mol. The molecular formula is C30H41NO4. The van der Waals surface area contributed by atoms with E-state index in [1.165, 1.54) is 0 Å². The maximum Gasteiger partial charge on any atom is 0.331 e. The Balaban J connectivity index is 1.96. The third-order valence-electron chi connectivity index (χ3n) is 6.26. The van der Waals surface area contributed by atoms with E-state index in [9.17, 15) is 9.90 Å². The highest BCUT2D eigenvalue weighted by Gasteiger charge is 2.18. The van der Waals surface area contributed by atoms with Crippen molar-refractivity contribution >= 4 is 17.7 Å². The van der Waals surface area contributed by atoms with Crippen molar-refractivity contribution in [2.75, 3.05) is 37.8 Å². The molecule has 0 saturated carbocycles. The van der Waals surface area contributed by atoms with Crippen molar-refractivity contribution in [1.82, 2.24) is 0 Å². The second-order valence-electron chi connectivity index (χ2n) is 9.86. The molecule has 190 valence electrons. The number of aryl methyl sites for hydroxylation is 1. The maximum absolute atomic E-state index is 11.9. The molecule has 5 nitrogen and oxygen atoms in total. The zero-order chi connectivity index (χ0) is 25.2. The van der Waals surface area contributed by atoms with Gasteiger partial charge in [0.05, 0.1) is 6.61 Å². The topological polar surface area (TPSA) is 59.0 Å². The standard InChI is InChI=1S/C30H41NO4/c1-5-6-15-34-16-17-35-29-18-23(4)10-12-27(29)24-11-13-28-26(19-24)20-25(30(32)33)9-7-8-14-31(28)21-22(2)3/h10-13,18-20,22H,5-9,14-17,21H2,1-4H3,(H,32,33). The average molecular weight is 480 g/mol. The summed E-state index contributed by atoms with van der Waals surface area (Å²) in [7, 11) is 0. The van der Waals surface area contributed by atoms with E-state index in [1.807, 2.05) is 6.08 Å². The summed E-state index contributed by atoms with van der Waals surface area (Å²) in [6.07, 6.45) is 6.50. The molecule has 35 heavy (non-hydrogen) atoms. The van der Waals surface area contributed by atoms with Gasteiger partial charge in [-0.3, -0.25) is 0 Å². The molecule has 2 aromatic carbocycles. The minimum atomic E-state index is -0.832. The molecule has 0 unspecified atom stereocenters. The van der Waals surface area contributed by atoms with E-state index >= 15 is 0 Å². The van der Waals surface area contributed by atoms with Gasteiger partial charge in [-0.15, -0.1) is 0 Å². The Morgan fingerprint density at radius 2 is 1.91 bits per heavy atom. The number of unbranched alkanes of at least 4 members (excludes halogenated alkanes) is 1. The van der Waals surface area contributed by atoms with Crippen LogP contribution in [0.25, 0.3) is 17.2 Å². The first-order chi connectivity index (χ1) is 16.9. The van der Waals surface area contributed by atoms with Gasteiger partial charge in [0.25, 0.3) is 0 Å². The molecule has 0 aromatic heterocycles. The highest BCUT2D eigenvalue weighted by atomic mass is 16.5. The van der Waals surface area contributed by atoms with Crippen molar-refractivity contribution in [3.8, 4) is 16.9 Å². The summed E-state index contributed by atoms with van der Waals surface area (Å²) in [5, 5.41) is 9.81. The molecule has 0 aliphatic carbocycles. The molecule has 0 fully saturated rings. The van der Waals surface area contributed by atoms with Crippen molar-refractivity contribution in [3.05, 3.63) is 53.1 Å². The first kappa shape index (κ1) is 26.8. The summed E-state index contributed by atoms with van der Waals surface area (Å²) < 4.78 is 11.8. The van der Waals surface area contributed by atoms with Crippen LogP contribution in [0.3, 0.4) is 0 Å². The molecule has 0 bridgehead atoms. The Bertz CT molecular complexity index is 1010. The fourth-order valence-corrected chi connectivity index (χ4v) is 4.47. The van der Waals surface area contributed by atoms with E-state index in [0.717, 1.165) is 79.1 Å². The molecule has 2 aromatic rings. The van der Waals surface area contributed by atoms with Gasteiger partial charge >= 0.3 is 5.97 Å². The van der Waals surface area contributed by atoms with Crippen LogP contribution in [0.1, 0.15) is 64.0 Å². The first-order valence-electron chi connectivity index (χ1n) is 13.0. The second-order valence-corrected chi connectivity index (χ2v) is 9.86. The van der Waals surface area contributed by atoms with E-state index in [-0.39, 0.29) is 0 Å². The third kappa shape index (κ3) is 7.86. The number of aliphatic carboxylic acids is 1. The number of carbonyl (C=O) groups is 1. The molecule has 0 radical (unpaired) electrons. The zero-order valence-electron chi connectivity index (χ0n) is 21.8. The van der Waals surface area contributed by atoms with Crippen LogP contribution in [0.2, 0.25) is 0 Å². The van der Waals surface area contributed by atoms with Gasteiger partial charge in [0.1, 0.15) is 12.4 Å². The van der Waals surface area contributed by atoms with Gasteiger partial charge in [-0.05, 0) is 79.5 Å². The molecule has 1 aliphatic rings. The van der Waals surface area contributed by atoms with Gasteiger partial charge in [0, 0.05) is 36.5 Å². The lowest BCUT2D eigenvalue weighted by molar-refractivity contribution is -0.132. The van der Waals surface area contributed by atoms with Crippen molar-refractivity contribution in [2.24, 2.45) is 5.92 Å². The average Bonchev–Trinajstić information content (AvgIpc) is 2.90. The summed E-state index contributed by atoms with van der Waals surface area (Å²) in [4.78, 5) is 14.4. The van der Waals surface area contributed by atoms with Crippen LogP contribution in [0, 0.1) is 12.8 Å². The Morgan fingerprint density at radius 3 is 2.66 bits per heavy atom. The van der Waals surface area contributed by atoms with Gasteiger partial charge in [-0.25, -0.2) is 4.79 Å². The van der Waals surface area contributed by atoms with Gasteiger partial charge in [0.15, 0.2) is 0 Å². The predicted octanol–water partition coefficient (Wildman–Crippen LogP) is 6.97. The zero-order valence-corrected chi connectivity index (χ0v) is 21.8. The quantitative estimate of drug-likeness (QED) is 0.353. The van der Waals surface area contributed by atoms with Crippen molar-refractivity contribution in [2.45, 2.75) is 59.8 Å². The summed E-state index contributed by atoms with van der Waals surface area (Å²) in [5.41, 5.74) is 5.69. The van der Waals surface area contributed by atoms with E-state index in [4.69, 9.17) is 9.47 Å². The molecule has 0 saturated heterocycles. The first-order valence-corrected chi connectivity index (χ1v) is 13.0. The minimum Gasteiger partial charge on any atom is -0.491 e. The number of anilines is 1. The smallest absolute Gasteiger partial charge is 0.331 e. The van der Waals surface area contributed by atoms with E-state index < -0.39 is 5.97 Å². The molecule has 3 rings (SSSR count). The van der Waals surface area contributed by atoms with Crippen LogP contribution in [0.4, 0.5) is 5.69 Å². The summed E-state index contributed by atoms with van der Waals surface area (Å²) in [5.74, 6) is 0.512. The molecule has 5 heteroatoms. The number of benzene rings is 2. The highest BCUT2D eigenvalue weighted by Crippen LogP contribution is 2.36. The van der Waals surface area contributed by atoms with Crippen molar-refractivity contribution in [1.29, 1.82) is 0 Å². The lowest BCUT2D eigenvalue weighted by atomic mass is 9.97. The van der Waals surface area contributed by atoms with E-state index in [1.54, 1.807) is 0 Å². The molecule has 1 heterocycles. The second kappa shape index (κ2) is 13.3. The van der Waals surface area contributed by atoms with Gasteiger partial charge < -0.3 is 19.5 Å². The van der Waals surface area contributed by atoms with Crippen LogP contribution < -0.4 is 9.64 Å². The van der Waals surface area contributed by atoms with Gasteiger partial charge in [-0.2, -0.15) is 0 Å². The Morgan fingerprint density at radius 1 is 1.09 bits per heavy atom. The number of carboxylic acids is 1. The van der Waals surface area contributed by atoms with Crippen LogP contribution >= 0.6 is 0 Å². The molecule has 1 aliphatic heterocycles. The SMILES string of the molecule is CCCCOCCOc1cc(C)ccc1-c1ccc2c(c1)C=C(C(=O)O)CCCCN2CC(C)C. The van der Waals surface area contributed by atoms with Crippen LogP contribution in [0.15, 0.2) is 42.0 Å². The van der Waals surface area contributed by atoms with E-state index in [0.29, 0.717) is 31.1 Å².